The first-order valence-corrected chi connectivity index (χ1v) is 26.9. The highest BCUT2D eigenvalue weighted by Crippen LogP contribution is 2.54. The minimum absolute atomic E-state index is 0.0411. The minimum atomic E-state index is -4.65. The van der Waals surface area contributed by atoms with Crippen LogP contribution in [0.5, 0.6) is 5.75 Å². The fraction of sp³-hybridized carbons (Fsp3) is 0.667. The van der Waals surface area contributed by atoms with E-state index in [0.29, 0.717) is 23.6 Å². The average molecular weight is 995 g/mol. The van der Waals surface area contributed by atoms with E-state index in [4.69, 9.17) is 48.9 Å². The number of aromatic nitrogens is 1. The second-order valence-corrected chi connectivity index (χ2v) is 20.9. The van der Waals surface area contributed by atoms with Crippen molar-refractivity contribution in [1.82, 2.24) is 15.4 Å². The molecule has 0 saturated carbocycles. The number of rotatable bonds is 31. The van der Waals surface area contributed by atoms with Crippen LogP contribution in [0.15, 0.2) is 64.5 Å². The van der Waals surface area contributed by atoms with Crippen LogP contribution in [0.25, 0.3) is 0 Å². The number of nitrogens with one attached hydrogen (secondary N) is 1. The van der Waals surface area contributed by atoms with Gasteiger partial charge in [-0.25, -0.2) is 9.56 Å². The van der Waals surface area contributed by atoms with Gasteiger partial charge >= 0.3 is 7.82 Å². The molecule has 2 fully saturated rings. The molecule has 2 aromatic rings. The first-order valence-electron chi connectivity index (χ1n) is 25.0. The van der Waals surface area contributed by atoms with Gasteiger partial charge in [0.15, 0.2) is 11.6 Å². The normalized spacial score (nSPS) is 25.3. The lowest BCUT2D eigenvalue weighted by atomic mass is 9.91. The van der Waals surface area contributed by atoms with E-state index in [1.165, 1.54) is 95.7 Å². The maximum atomic E-state index is 15.0. The maximum absolute atomic E-state index is 15.0. The van der Waals surface area contributed by atoms with Crippen LogP contribution in [-0.4, -0.2) is 97.5 Å². The van der Waals surface area contributed by atoms with Gasteiger partial charge in [0, 0.05) is 32.0 Å². The lowest BCUT2D eigenvalue weighted by Crippen LogP contribution is -2.55. The van der Waals surface area contributed by atoms with Crippen molar-refractivity contribution in [2.75, 3.05) is 33.5 Å². The van der Waals surface area contributed by atoms with Crippen molar-refractivity contribution in [3.8, 4) is 17.9 Å². The summed E-state index contributed by atoms with van der Waals surface area (Å²) in [6.07, 6.45) is 23.9. The van der Waals surface area contributed by atoms with Gasteiger partial charge in [0.25, 0.3) is 0 Å². The van der Waals surface area contributed by atoms with Gasteiger partial charge in [0.2, 0.25) is 5.60 Å². The monoisotopic (exact) mass is 993 g/mol. The largest absolute Gasteiger partial charge is 0.530 e. The highest BCUT2D eigenvalue weighted by Gasteiger charge is 2.67. The predicted molar refractivity (Wildman–Crippen MR) is 264 cm³/mol. The van der Waals surface area contributed by atoms with Crippen LogP contribution < -0.4 is 9.95 Å². The molecule has 1 N–H and O–H groups in total. The zero-order chi connectivity index (χ0) is 49.1. The van der Waals surface area contributed by atoms with Crippen molar-refractivity contribution in [2.45, 2.75) is 179 Å². The fourth-order valence-corrected chi connectivity index (χ4v) is 10.8. The molecule has 3 unspecified atom stereocenters. The van der Waals surface area contributed by atoms with Crippen molar-refractivity contribution < 1.29 is 41.8 Å². The number of hydrazine groups is 1. The summed E-state index contributed by atoms with van der Waals surface area (Å²) in [6.45, 7) is 7.62. The number of unbranched alkanes of at least 4 members (excludes halogenated alkanes) is 15. The minimum Gasteiger partial charge on any atom is -0.402 e. The first kappa shape index (κ1) is 54.4. The Kier molecular flexibility index (Phi) is 21.3. The van der Waals surface area contributed by atoms with Crippen LogP contribution >= 0.6 is 19.4 Å². The maximum Gasteiger partial charge on any atom is 0.530 e. The Morgan fingerprint density at radius 3 is 2.25 bits per heavy atom. The highest BCUT2D eigenvalue weighted by molar-refractivity contribution is 7.49. The summed E-state index contributed by atoms with van der Waals surface area (Å²) < 4.78 is 65.2. The number of nitriles is 2. The van der Waals surface area contributed by atoms with Crippen LogP contribution in [0.3, 0.4) is 0 Å². The predicted octanol–water partition coefficient (Wildman–Crippen LogP) is 11.0. The quantitative estimate of drug-likeness (QED) is 0.0554. The zero-order valence-electron chi connectivity index (χ0n) is 41.2. The summed E-state index contributed by atoms with van der Waals surface area (Å²) >= 11 is 6.51. The Labute approximate surface area is 414 Å². The second kappa shape index (κ2) is 27.0. The summed E-state index contributed by atoms with van der Waals surface area (Å²) in [6, 6.07) is 12.2. The van der Waals surface area contributed by atoms with Crippen LogP contribution in [0, 0.1) is 28.6 Å². The molecular formula is C51H73ClN7O9P. The molecule has 1 aromatic heterocycles. The second-order valence-electron chi connectivity index (χ2n) is 18.9. The number of para-hydroxylation sites is 1. The van der Waals surface area contributed by atoms with Crippen LogP contribution in [-0.2, 0) is 43.9 Å². The third-order valence-corrected chi connectivity index (χ3v) is 14.5. The van der Waals surface area contributed by atoms with Crippen molar-refractivity contribution in [3.63, 3.8) is 0 Å². The number of hydrogen-bond donors (Lipinski definition) is 1. The summed E-state index contributed by atoms with van der Waals surface area (Å²) in [5.74, 6) is -0.595. The smallest absolute Gasteiger partial charge is 0.402 e. The van der Waals surface area contributed by atoms with Gasteiger partial charge < -0.3 is 28.2 Å². The van der Waals surface area contributed by atoms with Gasteiger partial charge in [-0.1, -0.05) is 140 Å². The Balaban J connectivity index is 1.07. The van der Waals surface area contributed by atoms with E-state index in [0.717, 1.165) is 25.0 Å². The fourth-order valence-electron chi connectivity index (χ4n) is 9.30. The third kappa shape index (κ3) is 15.5. The molecule has 2 saturated heterocycles. The Hall–Kier alpha value is -3.93. The van der Waals surface area contributed by atoms with E-state index in [1.807, 2.05) is 18.0 Å². The molecule has 0 bridgehead atoms. The number of ether oxygens (including phenoxy) is 5. The molecule has 4 aliphatic rings. The number of pyridine rings is 1. The number of aliphatic imine (C=N–C) groups is 2. The van der Waals surface area contributed by atoms with Crippen molar-refractivity contribution in [3.05, 3.63) is 70.6 Å². The molecule has 6 rings (SSSR count). The average Bonchev–Trinajstić information content (AvgIpc) is 3.96. The molecule has 4 aliphatic heterocycles. The van der Waals surface area contributed by atoms with Gasteiger partial charge in [-0.15, -0.1) is 0 Å². The number of phosphoric ester groups is 1. The van der Waals surface area contributed by atoms with E-state index in [1.54, 1.807) is 57.7 Å². The number of benzene rings is 1. The zero-order valence-corrected chi connectivity index (χ0v) is 42.8. The number of phosphoric acid groups is 1. The molecule has 16 nitrogen and oxygen atoms in total. The molecule has 0 amide bonds. The van der Waals surface area contributed by atoms with Crippen molar-refractivity contribution in [1.29, 1.82) is 10.5 Å². The first-order chi connectivity index (χ1) is 33.4. The molecule has 18 heteroatoms. The van der Waals surface area contributed by atoms with Crippen LogP contribution in [0.2, 0.25) is 5.02 Å². The Morgan fingerprint density at radius 2 is 1.59 bits per heavy atom. The summed E-state index contributed by atoms with van der Waals surface area (Å²) in [4.78, 5) is 12.9. The van der Waals surface area contributed by atoms with Gasteiger partial charge in [0.1, 0.15) is 55.2 Å². The molecule has 1 aromatic carbocycles. The number of fused-ring (bicyclic) bond motifs is 2. The van der Waals surface area contributed by atoms with Gasteiger partial charge in [-0.3, -0.25) is 29.5 Å². The summed E-state index contributed by atoms with van der Waals surface area (Å²) in [5, 5.41) is 22.5. The van der Waals surface area contributed by atoms with Gasteiger partial charge in [-0.05, 0) is 44.0 Å². The van der Waals surface area contributed by atoms with Gasteiger partial charge in [-0.2, -0.15) is 10.5 Å². The van der Waals surface area contributed by atoms with E-state index in [2.05, 4.69) is 39.5 Å². The molecule has 8 atom stereocenters. The van der Waals surface area contributed by atoms with Gasteiger partial charge in [0.05, 0.1) is 42.1 Å². The number of amidine groups is 1. The topological polar surface area (TPSA) is 191 Å². The molecule has 378 valence electrons. The summed E-state index contributed by atoms with van der Waals surface area (Å²) in [7, 11) is -2.97. The Morgan fingerprint density at radius 1 is 0.913 bits per heavy atom. The molecule has 5 heterocycles. The SMILES string of the molecule is CCCCCCCCCCCCCCCCCCOC[C@H](COP(=O)(OC[C@@]1(C#N)O[C@@H](C2C(C)C=C3C(=NC)N=CNN32)[C@@H]2OC(C)(C)O[C@@H]21)Oc1ccccc1Cl)OCc1cncc(C#N)c1. The molecule has 0 spiro atoms. The van der Waals surface area contributed by atoms with E-state index in [9.17, 15) is 15.1 Å². The molecule has 0 aliphatic carbocycles. The van der Waals surface area contributed by atoms with E-state index >= 15 is 0 Å². The lowest BCUT2D eigenvalue weighted by Gasteiger charge is -2.38. The van der Waals surface area contributed by atoms with Crippen molar-refractivity contribution >= 4 is 31.6 Å². The lowest BCUT2D eigenvalue weighted by molar-refractivity contribution is -0.210. The third-order valence-electron chi connectivity index (χ3n) is 12.9. The van der Waals surface area contributed by atoms with Crippen LogP contribution in [0.4, 0.5) is 0 Å². The Bertz CT molecular complexity index is 2170. The molecular weight excluding hydrogens is 921 g/mol. The standard InChI is InChI=1S/C51H73ClN7O9P/c1-6-7-8-9-10-11-12-13-14-15-16-17-18-19-20-23-26-61-33-41(62-32-40-28-39(29-53)30-56-31-40)34-63-69(60,68-44-25-22-21-24-42(44)52)64-36-51(35-54)48-47(65-50(3,4)67-48)46(66-51)45-38(2)27-43-49(55-5)57-37-58-59(43)45/h21-22,24-25,27-28,30-31,37-38,41,45-48H,6-20,23,26,32-34,36H2,1-5H3,(H,55,57,58)/t38?,41-,45?,46+,47+,48+,51-,69?/m1/s1. The molecule has 0 radical (unpaired) electrons. The number of halogens is 1. The summed E-state index contributed by atoms with van der Waals surface area (Å²) in [5.41, 5.74) is 3.19. The van der Waals surface area contributed by atoms with E-state index in [-0.39, 0.29) is 42.6 Å². The number of hydrogen-bond acceptors (Lipinski definition) is 15. The highest BCUT2D eigenvalue weighted by atomic mass is 35.5. The van der Waals surface area contributed by atoms with Crippen LogP contribution in [0.1, 0.15) is 142 Å². The van der Waals surface area contributed by atoms with E-state index < -0.39 is 50.2 Å². The van der Waals surface area contributed by atoms with Crippen molar-refractivity contribution in [2.24, 2.45) is 15.9 Å². The number of nitrogens with zero attached hydrogens (tertiary/aromatic N) is 6. The molecule has 69 heavy (non-hydrogen) atoms.